The number of alkyl halides is 2. The van der Waals surface area contributed by atoms with Crippen molar-refractivity contribution in [2.24, 2.45) is 0 Å². The predicted octanol–water partition coefficient (Wildman–Crippen LogP) is 1.95. The van der Waals surface area contributed by atoms with Gasteiger partial charge in [-0.2, -0.15) is 5.09 Å². The third-order valence-corrected chi connectivity index (χ3v) is 6.92. The van der Waals surface area contributed by atoms with Crippen molar-refractivity contribution in [3.05, 3.63) is 63.4 Å². The molecular formula is C22H28F2N3O9P. The molecule has 2 aromatic rings. The number of aliphatic hydroxyl groups is 1. The number of carbonyl (C=O) groups is 1. The van der Waals surface area contributed by atoms with Crippen molar-refractivity contribution < 1.29 is 41.8 Å². The fourth-order valence-electron chi connectivity index (χ4n) is 3.48. The largest absolute Gasteiger partial charge is 0.462 e. The highest BCUT2D eigenvalue weighted by Gasteiger charge is 2.65. The van der Waals surface area contributed by atoms with Gasteiger partial charge in [0.15, 0.2) is 18.0 Å². The van der Waals surface area contributed by atoms with Crippen LogP contribution in [0.1, 0.15) is 33.9 Å². The minimum atomic E-state index is -4.59. The summed E-state index contributed by atoms with van der Waals surface area (Å²) in [6, 6.07) is 7.22. The van der Waals surface area contributed by atoms with Crippen LogP contribution in [0, 0.1) is 0 Å². The lowest BCUT2D eigenvalue weighted by molar-refractivity contribution is -0.204. The molecule has 204 valence electrons. The highest BCUT2D eigenvalue weighted by molar-refractivity contribution is 7.52. The van der Waals surface area contributed by atoms with Crippen LogP contribution in [0.15, 0.2) is 52.2 Å². The minimum absolute atomic E-state index is 0.0246. The summed E-state index contributed by atoms with van der Waals surface area (Å²) < 4.78 is 66.0. The lowest BCUT2D eigenvalue weighted by Crippen LogP contribution is -2.47. The first-order valence-electron chi connectivity index (χ1n) is 11.2. The first-order valence-corrected chi connectivity index (χ1v) is 12.7. The highest BCUT2D eigenvalue weighted by Crippen LogP contribution is 2.51. The van der Waals surface area contributed by atoms with E-state index in [2.05, 4.69) is 5.09 Å². The van der Waals surface area contributed by atoms with Gasteiger partial charge in [-0.25, -0.2) is 18.1 Å². The van der Waals surface area contributed by atoms with Gasteiger partial charge in [-0.3, -0.25) is 23.7 Å². The van der Waals surface area contributed by atoms with Crippen molar-refractivity contribution in [3.63, 3.8) is 0 Å². The van der Waals surface area contributed by atoms with Crippen molar-refractivity contribution in [2.45, 2.75) is 63.7 Å². The number of aromatic nitrogens is 2. The molecule has 0 saturated carbocycles. The second kappa shape index (κ2) is 10.8. The molecule has 37 heavy (non-hydrogen) atoms. The third kappa shape index (κ3) is 6.51. The second-order valence-electron chi connectivity index (χ2n) is 8.84. The Morgan fingerprint density at radius 2 is 1.89 bits per heavy atom. The maximum Gasteiger partial charge on any atom is 0.459 e. The van der Waals surface area contributed by atoms with Gasteiger partial charge in [0.2, 0.25) is 0 Å². The molecule has 1 aromatic heterocycles. The lowest BCUT2D eigenvalue weighted by Gasteiger charge is -2.28. The van der Waals surface area contributed by atoms with Gasteiger partial charge in [-0.15, -0.1) is 0 Å². The number of ether oxygens (including phenoxy) is 2. The Labute approximate surface area is 210 Å². The number of nitrogens with zero attached hydrogens (tertiary/aromatic N) is 1. The van der Waals surface area contributed by atoms with Gasteiger partial charge >= 0.3 is 19.4 Å². The van der Waals surface area contributed by atoms with Crippen LogP contribution in [-0.4, -0.2) is 57.0 Å². The van der Waals surface area contributed by atoms with Crippen molar-refractivity contribution in [1.29, 1.82) is 0 Å². The molecule has 12 nitrogen and oxygen atoms in total. The van der Waals surface area contributed by atoms with Gasteiger partial charge in [0.25, 0.3) is 11.4 Å². The van der Waals surface area contributed by atoms with Crippen LogP contribution in [0.3, 0.4) is 0 Å². The van der Waals surface area contributed by atoms with E-state index >= 15 is 8.78 Å². The van der Waals surface area contributed by atoms with Gasteiger partial charge in [0, 0.05) is 12.3 Å². The number of rotatable bonds is 10. The van der Waals surface area contributed by atoms with Crippen molar-refractivity contribution in [3.8, 4) is 5.75 Å². The number of aliphatic hydroxyl groups excluding tert-OH is 1. The SMILES string of the molecule is CC(C)OC(=O)C(C)NP(=O)(OC[C@@]1(F)O[C@@H](n2ccc(=O)[nH]c2=O)[C@](C)(F)[C@@H]1O)Oc1ccccc1. The fourth-order valence-corrected chi connectivity index (χ4v) is 4.99. The van der Waals surface area contributed by atoms with Crippen LogP contribution in [0.4, 0.5) is 8.78 Å². The van der Waals surface area contributed by atoms with Gasteiger partial charge in [-0.05, 0) is 39.8 Å². The molecule has 3 rings (SSSR count). The van der Waals surface area contributed by atoms with Crippen LogP contribution >= 0.6 is 7.75 Å². The average Bonchev–Trinajstić information content (AvgIpc) is 2.98. The van der Waals surface area contributed by atoms with Crippen molar-refractivity contribution in [2.75, 3.05) is 6.61 Å². The summed E-state index contributed by atoms with van der Waals surface area (Å²) in [4.78, 5) is 37.6. The number of H-pyrrole nitrogens is 1. The number of nitrogens with one attached hydrogen (secondary N) is 2. The molecule has 1 aliphatic heterocycles. The smallest absolute Gasteiger partial charge is 0.459 e. The second-order valence-corrected chi connectivity index (χ2v) is 10.5. The fraction of sp³-hybridized carbons (Fsp3) is 0.500. The van der Waals surface area contributed by atoms with Crippen molar-refractivity contribution in [1.82, 2.24) is 14.6 Å². The van der Waals surface area contributed by atoms with Crippen LogP contribution in [0.5, 0.6) is 5.75 Å². The van der Waals surface area contributed by atoms with Crippen LogP contribution < -0.4 is 20.9 Å². The summed E-state index contributed by atoms with van der Waals surface area (Å²) in [5.74, 6) is -4.11. The third-order valence-electron chi connectivity index (χ3n) is 5.29. The molecule has 6 atom stereocenters. The van der Waals surface area contributed by atoms with E-state index < -0.39 is 67.6 Å². The number of hydrogen-bond donors (Lipinski definition) is 3. The van der Waals surface area contributed by atoms with Crippen LogP contribution in [0.25, 0.3) is 0 Å². The first-order chi connectivity index (χ1) is 17.2. The van der Waals surface area contributed by atoms with E-state index in [0.717, 1.165) is 19.2 Å². The molecule has 3 N–H and O–H groups in total. The van der Waals surface area contributed by atoms with Gasteiger partial charge in [0.1, 0.15) is 18.4 Å². The quantitative estimate of drug-likeness (QED) is 0.297. The Balaban J connectivity index is 1.86. The van der Waals surface area contributed by atoms with E-state index in [4.69, 9.17) is 18.5 Å². The van der Waals surface area contributed by atoms with Gasteiger partial charge in [-0.1, -0.05) is 18.2 Å². The number of aromatic amines is 1. The van der Waals surface area contributed by atoms with E-state index in [-0.39, 0.29) is 5.75 Å². The topological polar surface area (TPSA) is 158 Å². The molecule has 0 amide bonds. The molecule has 2 heterocycles. The first kappa shape index (κ1) is 28.7. The Morgan fingerprint density at radius 1 is 1.24 bits per heavy atom. The zero-order valence-electron chi connectivity index (χ0n) is 20.4. The van der Waals surface area contributed by atoms with E-state index in [1.165, 1.54) is 19.1 Å². The summed E-state index contributed by atoms with van der Waals surface area (Å²) in [6.07, 6.45) is -4.17. The number of esters is 1. The zero-order valence-corrected chi connectivity index (χ0v) is 21.3. The van der Waals surface area contributed by atoms with E-state index in [0.29, 0.717) is 4.57 Å². The molecular weight excluding hydrogens is 519 g/mol. The Morgan fingerprint density at radius 3 is 2.49 bits per heavy atom. The number of hydrogen-bond acceptors (Lipinski definition) is 9. The molecule has 0 radical (unpaired) electrons. The zero-order chi connectivity index (χ0) is 27.6. The van der Waals surface area contributed by atoms with Gasteiger partial charge < -0.3 is 19.1 Å². The highest BCUT2D eigenvalue weighted by atomic mass is 31.2. The summed E-state index contributed by atoms with van der Waals surface area (Å²) in [7, 11) is -4.59. The summed E-state index contributed by atoms with van der Waals surface area (Å²) in [5.41, 5.74) is -4.80. The maximum absolute atomic E-state index is 15.8. The number of carbonyl (C=O) groups excluding carboxylic acids is 1. The van der Waals surface area contributed by atoms with E-state index in [1.54, 1.807) is 32.0 Å². The predicted molar refractivity (Wildman–Crippen MR) is 125 cm³/mol. The summed E-state index contributed by atoms with van der Waals surface area (Å²) in [5, 5.41) is 12.8. The molecule has 0 spiro atoms. The van der Waals surface area contributed by atoms with E-state index in [1.807, 2.05) is 4.98 Å². The molecule has 0 bridgehead atoms. The molecule has 1 saturated heterocycles. The Hall–Kier alpha value is -2.90. The number of benzene rings is 1. The van der Waals surface area contributed by atoms with Crippen molar-refractivity contribution >= 4 is 13.7 Å². The van der Waals surface area contributed by atoms with E-state index in [9.17, 15) is 24.1 Å². The normalized spacial score (nSPS) is 28.0. The molecule has 2 unspecified atom stereocenters. The molecule has 15 heteroatoms. The molecule has 1 fully saturated rings. The Kier molecular flexibility index (Phi) is 8.40. The Bertz CT molecular complexity index is 1270. The monoisotopic (exact) mass is 547 g/mol. The standard InChI is InChI=1S/C22H28F2N3O9P/c1-13(2)34-17(29)14(3)26-37(32,36-15-8-6-5-7-9-15)33-12-22(24)18(30)21(4,23)19(35-22)27-11-10-16(28)25-20(27)31/h5-11,13-14,18-19,30H,12H2,1-4H3,(H,26,32)(H,25,28,31)/t14?,18-,19+,21+,22+,37?/m0/s1. The molecule has 0 aliphatic carbocycles. The molecule has 1 aliphatic rings. The maximum atomic E-state index is 15.8. The van der Waals surface area contributed by atoms with Crippen LogP contribution in [-0.2, 0) is 23.4 Å². The summed E-state index contributed by atoms with van der Waals surface area (Å²) >= 11 is 0. The summed E-state index contributed by atoms with van der Waals surface area (Å²) in [6.45, 7) is 3.95. The van der Waals surface area contributed by atoms with Gasteiger partial charge in [0.05, 0.1) is 6.10 Å². The lowest BCUT2D eigenvalue weighted by atomic mass is 9.97. The van der Waals surface area contributed by atoms with Crippen LogP contribution in [0.2, 0.25) is 0 Å². The average molecular weight is 547 g/mol. The molecule has 1 aromatic carbocycles. The minimum Gasteiger partial charge on any atom is -0.462 e. The number of halogens is 2. The number of para-hydroxylation sites is 1.